The largest absolute Gasteiger partial charge is 0.496 e. The van der Waals surface area contributed by atoms with E-state index in [0.717, 1.165) is 11.3 Å². The Bertz CT molecular complexity index is 450. The van der Waals surface area contributed by atoms with Gasteiger partial charge in [0.25, 0.3) is 0 Å². The molecule has 1 aromatic carbocycles. The van der Waals surface area contributed by atoms with Crippen LogP contribution in [0.15, 0.2) is 18.2 Å². The molecule has 0 saturated carbocycles. The number of hydrogen-bond donors (Lipinski definition) is 1. The van der Waals surface area contributed by atoms with Gasteiger partial charge in [0.05, 0.1) is 13.7 Å². The van der Waals surface area contributed by atoms with Crippen LogP contribution in [0.3, 0.4) is 0 Å². The Morgan fingerprint density at radius 2 is 2.00 bits per heavy atom. The molecule has 1 aromatic rings. The molecule has 0 radical (unpaired) electrons. The van der Waals surface area contributed by atoms with Gasteiger partial charge in [0, 0.05) is 19.2 Å². The number of carbonyl (C=O) groups excluding carboxylic acids is 1. The second-order valence-corrected chi connectivity index (χ2v) is 5.73. The van der Waals surface area contributed by atoms with Gasteiger partial charge in [-0.05, 0) is 23.1 Å². The van der Waals surface area contributed by atoms with E-state index in [1.165, 1.54) is 5.56 Å². The molecule has 0 aliphatic rings. The summed E-state index contributed by atoms with van der Waals surface area (Å²) in [6, 6.07) is 6.11. The van der Waals surface area contributed by atoms with Crippen LogP contribution in [0, 0.1) is 0 Å². The van der Waals surface area contributed by atoms with Crippen LogP contribution in [-0.2, 0) is 16.8 Å². The van der Waals surface area contributed by atoms with Crippen LogP contribution >= 0.6 is 0 Å². The maximum absolute atomic E-state index is 11.6. The first-order valence-corrected chi connectivity index (χ1v) is 6.41. The van der Waals surface area contributed by atoms with Crippen LogP contribution in [0.4, 0.5) is 0 Å². The first-order valence-electron chi connectivity index (χ1n) is 6.41. The fourth-order valence-electron chi connectivity index (χ4n) is 1.87. The van der Waals surface area contributed by atoms with Crippen molar-refractivity contribution < 1.29 is 9.53 Å². The van der Waals surface area contributed by atoms with Crippen LogP contribution < -0.4 is 10.5 Å². The topological polar surface area (TPSA) is 55.6 Å². The Kier molecular flexibility index (Phi) is 4.95. The molecule has 4 heteroatoms. The van der Waals surface area contributed by atoms with Crippen molar-refractivity contribution in [2.75, 3.05) is 20.7 Å². The fourth-order valence-corrected chi connectivity index (χ4v) is 1.87. The van der Waals surface area contributed by atoms with Crippen LogP contribution in [0.1, 0.15) is 31.9 Å². The third-order valence-electron chi connectivity index (χ3n) is 3.15. The molecule has 1 rings (SSSR count). The summed E-state index contributed by atoms with van der Waals surface area (Å²) < 4.78 is 5.36. The molecular formula is C15H24N2O2. The van der Waals surface area contributed by atoms with E-state index in [-0.39, 0.29) is 17.9 Å². The van der Waals surface area contributed by atoms with Gasteiger partial charge in [-0.3, -0.25) is 4.79 Å². The highest BCUT2D eigenvalue weighted by molar-refractivity contribution is 5.77. The van der Waals surface area contributed by atoms with Crippen molar-refractivity contribution >= 4 is 5.91 Å². The predicted molar refractivity (Wildman–Crippen MR) is 77.2 cm³/mol. The Labute approximate surface area is 115 Å². The zero-order valence-corrected chi connectivity index (χ0v) is 12.5. The minimum atomic E-state index is -0.0804. The van der Waals surface area contributed by atoms with Crippen molar-refractivity contribution in [1.29, 1.82) is 0 Å². The number of benzene rings is 1. The lowest BCUT2D eigenvalue weighted by atomic mass is 9.86. The average molecular weight is 264 g/mol. The van der Waals surface area contributed by atoms with E-state index in [0.29, 0.717) is 6.54 Å². The van der Waals surface area contributed by atoms with Crippen LogP contribution in [0.5, 0.6) is 5.75 Å². The Balaban J connectivity index is 3.06. The number of likely N-dealkylation sites (N-methyl/N-ethyl adjacent to an activating group) is 1. The lowest BCUT2D eigenvalue weighted by Crippen LogP contribution is -2.32. The van der Waals surface area contributed by atoms with Gasteiger partial charge in [0.15, 0.2) is 0 Å². The van der Waals surface area contributed by atoms with Crippen molar-refractivity contribution in [2.24, 2.45) is 5.73 Å². The minimum absolute atomic E-state index is 0.0256. The van der Waals surface area contributed by atoms with Gasteiger partial charge >= 0.3 is 0 Å². The Morgan fingerprint density at radius 1 is 1.37 bits per heavy atom. The molecule has 0 heterocycles. The number of nitrogens with two attached hydrogens (primary N) is 1. The van der Waals surface area contributed by atoms with Crippen LogP contribution in [0.25, 0.3) is 0 Å². The van der Waals surface area contributed by atoms with E-state index in [4.69, 9.17) is 10.5 Å². The minimum Gasteiger partial charge on any atom is -0.496 e. The monoisotopic (exact) mass is 264 g/mol. The lowest BCUT2D eigenvalue weighted by Gasteiger charge is -2.23. The third kappa shape index (κ3) is 3.96. The molecule has 0 saturated heterocycles. The van der Waals surface area contributed by atoms with Gasteiger partial charge in [0.1, 0.15) is 5.75 Å². The highest BCUT2D eigenvalue weighted by Crippen LogP contribution is 2.28. The number of carbonyl (C=O) groups is 1. The van der Waals surface area contributed by atoms with Gasteiger partial charge in [0.2, 0.25) is 5.91 Å². The highest BCUT2D eigenvalue weighted by Gasteiger charge is 2.17. The molecule has 0 aromatic heterocycles. The molecular weight excluding hydrogens is 240 g/mol. The summed E-state index contributed by atoms with van der Waals surface area (Å²) in [5.41, 5.74) is 7.66. The summed E-state index contributed by atoms with van der Waals surface area (Å²) in [7, 11) is 3.39. The van der Waals surface area contributed by atoms with Gasteiger partial charge in [-0.2, -0.15) is 0 Å². The summed E-state index contributed by atoms with van der Waals surface area (Å²) in [5.74, 6) is 0.716. The highest BCUT2D eigenvalue weighted by atomic mass is 16.5. The summed E-state index contributed by atoms with van der Waals surface area (Å²) in [6.45, 7) is 7.01. The smallest absolute Gasteiger partial charge is 0.236 e. The zero-order chi connectivity index (χ0) is 14.6. The normalized spacial score (nSPS) is 11.3. The predicted octanol–water partition coefficient (Wildman–Crippen LogP) is 1.91. The first-order chi connectivity index (χ1) is 8.79. The number of ether oxygens (including phenoxy) is 1. The van der Waals surface area contributed by atoms with Crippen LogP contribution in [-0.4, -0.2) is 31.5 Å². The molecule has 0 bridgehead atoms. The van der Waals surface area contributed by atoms with Crippen molar-refractivity contribution in [2.45, 2.75) is 32.7 Å². The number of rotatable bonds is 4. The molecule has 1 amide bonds. The molecule has 19 heavy (non-hydrogen) atoms. The van der Waals surface area contributed by atoms with E-state index in [9.17, 15) is 4.79 Å². The van der Waals surface area contributed by atoms with Gasteiger partial charge in [-0.1, -0.05) is 26.8 Å². The molecule has 0 fully saturated rings. The van der Waals surface area contributed by atoms with E-state index < -0.39 is 0 Å². The van der Waals surface area contributed by atoms with E-state index >= 15 is 0 Å². The maximum Gasteiger partial charge on any atom is 0.236 e. The molecule has 0 aliphatic carbocycles. The fraction of sp³-hybridized carbons (Fsp3) is 0.533. The average Bonchev–Trinajstić information content (AvgIpc) is 2.36. The summed E-state index contributed by atoms with van der Waals surface area (Å²) in [5, 5.41) is 0. The summed E-state index contributed by atoms with van der Waals surface area (Å²) >= 11 is 0. The van der Waals surface area contributed by atoms with Crippen molar-refractivity contribution in [3.8, 4) is 5.75 Å². The second-order valence-electron chi connectivity index (χ2n) is 5.73. The molecule has 4 nitrogen and oxygen atoms in total. The van der Waals surface area contributed by atoms with Gasteiger partial charge in [-0.25, -0.2) is 0 Å². The first kappa shape index (κ1) is 15.5. The molecule has 0 spiro atoms. The zero-order valence-electron chi connectivity index (χ0n) is 12.5. The molecule has 0 atom stereocenters. The Hall–Kier alpha value is -1.55. The van der Waals surface area contributed by atoms with Crippen molar-refractivity contribution in [3.63, 3.8) is 0 Å². The van der Waals surface area contributed by atoms with E-state index in [1.54, 1.807) is 19.1 Å². The number of nitrogens with zero attached hydrogens (tertiary/aromatic N) is 1. The number of amides is 1. The van der Waals surface area contributed by atoms with Crippen LogP contribution in [0.2, 0.25) is 0 Å². The Morgan fingerprint density at radius 3 is 2.47 bits per heavy atom. The third-order valence-corrected chi connectivity index (χ3v) is 3.15. The molecule has 0 aliphatic heterocycles. The van der Waals surface area contributed by atoms with E-state index in [2.05, 4.69) is 32.9 Å². The quantitative estimate of drug-likeness (QED) is 0.903. The maximum atomic E-state index is 11.6. The standard InChI is InChI=1S/C15H24N2O2/c1-15(2,3)12-6-7-13(19-5)11(8-12)10-17(4)14(18)9-16/h6-8H,9-10,16H2,1-5H3. The van der Waals surface area contributed by atoms with Crippen molar-refractivity contribution in [3.05, 3.63) is 29.3 Å². The number of hydrogen-bond acceptors (Lipinski definition) is 3. The molecule has 0 unspecified atom stereocenters. The summed E-state index contributed by atoms with van der Waals surface area (Å²) in [4.78, 5) is 13.2. The van der Waals surface area contributed by atoms with Gasteiger partial charge < -0.3 is 15.4 Å². The van der Waals surface area contributed by atoms with E-state index in [1.807, 2.05) is 6.07 Å². The molecule has 2 N–H and O–H groups in total. The van der Waals surface area contributed by atoms with Crippen molar-refractivity contribution in [1.82, 2.24) is 4.90 Å². The lowest BCUT2D eigenvalue weighted by molar-refractivity contribution is -0.128. The number of methoxy groups -OCH3 is 1. The summed E-state index contributed by atoms with van der Waals surface area (Å²) in [6.07, 6.45) is 0. The SMILES string of the molecule is COc1ccc(C(C)(C)C)cc1CN(C)C(=O)CN. The second kappa shape index (κ2) is 6.06. The van der Waals surface area contributed by atoms with Gasteiger partial charge in [-0.15, -0.1) is 0 Å². The molecule has 106 valence electrons.